The van der Waals surface area contributed by atoms with E-state index in [1.54, 1.807) is 7.11 Å². The van der Waals surface area contributed by atoms with Gasteiger partial charge in [0.2, 0.25) is 0 Å². The Labute approximate surface area is 98.0 Å². The first-order valence-corrected chi connectivity index (χ1v) is 5.64. The largest absolute Gasteiger partial charge is 0.381 e. The van der Waals surface area contributed by atoms with E-state index >= 15 is 0 Å². The van der Waals surface area contributed by atoms with Crippen LogP contribution < -0.4 is 11.1 Å². The second kappa shape index (κ2) is 5.87. The van der Waals surface area contributed by atoms with Crippen molar-refractivity contribution in [3.05, 3.63) is 30.3 Å². The summed E-state index contributed by atoms with van der Waals surface area (Å²) in [4.78, 5) is 0. The van der Waals surface area contributed by atoms with Gasteiger partial charge in [0.1, 0.15) is 0 Å². The summed E-state index contributed by atoms with van der Waals surface area (Å²) < 4.78 is 5.41. The van der Waals surface area contributed by atoms with Crippen LogP contribution in [0.5, 0.6) is 0 Å². The summed E-state index contributed by atoms with van der Waals surface area (Å²) in [5, 5.41) is 3.41. The van der Waals surface area contributed by atoms with E-state index in [2.05, 4.69) is 19.2 Å². The molecule has 1 aromatic rings. The van der Waals surface area contributed by atoms with Gasteiger partial charge in [0.15, 0.2) is 0 Å². The quantitative estimate of drug-likeness (QED) is 0.776. The van der Waals surface area contributed by atoms with Gasteiger partial charge in [-0.05, 0) is 32.4 Å². The van der Waals surface area contributed by atoms with Crippen LogP contribution >= 0.6 is 0 Å². The lowest BCUT2D eigenvalue weighted by atomic mass is 9.98. The number of hydrogen-bond donors (Lipinski definition) is 2. The summed E-state index contributed by atoms with van der Waals surface area (Å²) in [5.41, 5.74) is 6.72. The number of ether oxygens (including phenoxy) is 1. The minimum atomic E-state index is -0.147. The average Bonchev–Trinajstić information content (AvgIpc) is 2.29. The summed E-state index contributed by atoms with van der Waals surface area (Å²) in [7, 11) is 1.73. The molecule has 0 saturated carbocycles. The van der Waals surface area contributed by atoms with E-state index in [1.165, 1.54) is 0 Å². The molecule has 0 amide bonds. The molecule has 0 fully saturated rings. The Morgan fingerprint density at radius 2 is 1.94 bits per heavy atom. The summed E-state index contributed by atoms with van der Waals surface area (Å²) >= 11 is 0. The maximum atomic E-state index is 5.76. The van der Waals surface area contributed by atoms with Gasteiger partial charge in [-0.2, -0.15) is 0 Å². The molecule has 1 unspecified atom stereocenters. The molecule has 0 bridgehead atoms. The van der Waals surface area contributed by atoms with Crippen molar-refractivity contribution >= 4 is 5.69 Å². The topological polar surface area (TPSA) is 47.3 Å². The van der Waals surface area contributed by atoms with Gasteiger partial charge in [0, 0.05) is 25.4 Å². The second-order valence-corrected chi connectivity index (χ2v) is 4.61. The molecule has 0 radical (unpaired) electrons. The Morgan fingerprint density at radius 1 is 1.31 bits per heavy atom. The van der Waals surface area contributed by atoms with Crippen molar-refractivity contribution in [1.29, 1.82) is 0 Å². The Bertz CT molecular complexity index is 298. The highest BCUT2D eigenvalue weighted by molar-refractivity contribution is 5.43. The van der Waals surface area contributed by atoms with Crippen molar-refractivity contribution in [2.24, 2.45) is 5.73 Å². The van der Waals surface area contributed by atoms with E-state index in [0.717, 1.165) is 12.1 Å². The number of nitrogens with two attached hydrogens (primary N) is 1. The zero-order valence-electron chi connectivity index (χ0n) is 10.4. The number of hydrogen-bond acceptors (Lipinski definition) is 3. The molecule has 0 aliphatic carbocycles. The van der Waals surface area contributed by atoms with E-state index in [4.69, 9.17) is 10.5 Å². The molecule has 1 atom stereocenters. The van der Waals surface area contributed by atoms with E-state index in [9.17, 15) is 0 Å². The van der Waals surface area contributed by atoms with Crippen LogP contribution in [0.4, 0.5) is 5.69 Å². The second-order valence-electron chi connectivity index (χ2n) is 4.61. The standard InChI is InChI=1S/C13H22N2O/c1-13(2,16-3)9-12(10-14)15-11-7-5-4-6-8-11/h4-8,12,15H,9-10,14H2,1-3H3. The van der Waals surface area contributed by atoms with Crippen LogP contribution in [0.15, 0.2) is 30.3 Å². The van der Waals surface area contributed by atoms with Crippen molar-refractivity contribution in [2.75, 3.05) is 19.0 Å². The molecule has 16 heavy (non-hydrogen) atoms. The van der Waals surface area contributed by atoms with E-state index in [0.29, 0.717) is 6.54 Å². The molecule has 1 aromatic carbocycles. The smallest absolute Gasteiger partial charge is 0.0642 e. The highest BCUT2D eigenvalue weighted by Gasteiger charge is 2.21. The molecule has 3 N–H and O–H groups in total. The highest BCUT2D eigenvalue weighted by Crippen LogP contribution is 2.18. The molecular weight excluding hydrogens is 200 g/mol. The fourth-order valence-electron chi connectivity index (χ4n) is 1.64. The van der Waals surface area contributed by atoms with Crippen LogP contribution in [0, 0.1) is 0 Å². The number of rotatable bonds is 6. The summed E-state index contributed by atoms with van der Waals surface area (Å²) in [6.45, 7) is 4.74. The van der Waals surface area contributed by atoms with Crippen molar-refractivity contribution in [2.45, 2.75) is 31.9 Å². The minimum absolute atomic E-state index is 0.147. The Balaban J connectivity index is 2.56. The van der Waals surface area contributed by atoms with Crippen LogP contribution in [0.25, 0.3) is 0 Å². The van der Waals surface area contributed by atoms with Crippen molar-refractivity contribution < 1.29 is 4.74 Å². The van der Waals surface area contributed by atoms with Crippen molar-refractivity contribution in [1.82, 2.24) is 0 Å². The third-order valence-corrected chi connectivity index (χ3v) is 2.72. The number of nitrogens with one attached hydrogen (secondary N) is 1. The molecule has 0 aliphatic rings. The van der Waals surface area contributed by atoms with Gasteiger partial charge < -0.3 is 15.8 Å². The van der Waals surface area contributed by atoms with Crippen molar-refractivity contribution in [3.8, 4) is 0 Å². The Hall–Kier alpha value is -1.06. The number of anilines is 1. The van der Waals surface area contributed by atoms with Crippen LogP contribution in [0.1, 0.15) is 20.3 Å². The van der Waals surface area contributed by atoms with Crippen LogP contribution in [-0.2, 0) is 4.74 Å². The Morgan fingerprint density at radius 3 is 2.44 bits per heavy atom. The van der Waals surface area contributed by atoms with E-state index < -0.39 is 0 Å². The van der Waals surface area contributed by atoms with Gasteiger partial charge in [0.05, 0.1) is 5.60 Å². The predicted octanol–water partition coefficient (Wildman–Crippen LogP) is 2.24. The maximum absolute atomic E-state index is 5.76. The van der Waals surface area contributed by atoms with Crippen LogP contribution in [-0.4, -0.2) is 25.3 Å². The van der Waals surface area contributed by atoms with Gasteiger partial charge in [-0.15, -0.1) is 0 Å². The molecular formula is C13H22N2O. The third-order valence-electron chi connectivity index (χ3n) is 2.72. The lowest BCUT2D eigenvalue weighted by Crippen LogP contribution is -2.37. The normalized spacial score (nSPS) is 13.5. The lowest BCUT2D eigenvalue weighted by Gasteiger charge is -2.29. The van der Waals surface area contributed by atoms with Crippen LogP contribution in [0.3, 0.4) is 0 Å². The van der Waals surface area contributed by atoms with Gasteiger partial charge in [0.25, 0.3) is 0 Å². The lowest BCUT2D eigenvalue weighted by molar-refractivity contribution is 0.0122. The monoisotopic (exact) mass is 222 g/mol. The number of benzene rings is 1. The SMILES string of the molecule is COC(C)(C)CC(CN)Nc1ccccc1. The summed E-state index contributed by atoms with van der Waals surface area (Å²) in [6, 6.07) is 10.3. The van der Waals surface area contributed by atoms with Gasteiger partial charge >= 0.3 is 0 Å². The summed E-state index contributed by atoms with van der Waals surface area (Å²) in [5.74, 6) is 0. The first kappa shape index (κ1) is 13.0. The van der Waals surface area contributed by atoms with E-state index in [-0.39, 0.29) is 11.6 Å². The first-order valence-electron chi connectivity index (χ1n) is 5.64. The Kier molecular flexibility index (Phi) is 4.77. The molecule has 3 nitrogen and oxygen atoms in total. The van der Waals surface area contributed by atoms with Gasteiger partial charge in [-0.3, -0.25) is 0 Å². The van der Waals surface area contributed by atoms with Gasteiger partial charge in [-0.25, -0.2) is 0 Å². The van der Waals surface area contributed by atoms with Crippen LogP contribution in [0.2, 0.25) is 0 Å². The molecule has 1 rings (SSSR count). The minimum Gasteiger partial charge on any atom is -0.381 e. The molecule has 3 heteroatoms. The fourth-order valence-corrected chi connectivity index (χ4v) is 1.64. The maximum Gasteiger partial charge on any atom is 0.0642 e. The third kappa shape index (κ3) is 4.21. The molecule has 90 valence electrons. The first-order chi connectivity index (χ1) is 7.57. The highest BCUT2D eigenvalue weighted by atomic mass is 16.5. The molecule has 0 saturated heterocycles. The summed E-state index contributed by atoms with van der Waals surface area (Å²) in [6.07, 6.45) is 0.884. The molecule has 0 heterocycles. The van der Waals surface area contributed by atoms with E-state index in [1.807, 2.05) is 30.3 Å². The van der Waals surface area contributed by atoms with Gasteiger partial charge in [-0.1, -0.05) is 18.2 Å². The van der Waals surface area contributed by atoms with Crippen molar-refractivity contribution in [3.63, 3.8) is 0 Å². The number of methoxy groups -OCH3 is 1. The fraction of sp³-hybridized carbons (Fsp3) is 0.538. The molecule has 0 spiro atoms. The molecule has 0 aromatic heterocycles. The predicted molar refractivity (Wildman–Crippen MR) is 68.6 cm³/mol. The average molecular weight is 222 g/mol. The zero-order chi connectivity index (χ0) is 12.0. The number of para-hydroxylation sites is 1. The zero-order valence-corrected chi connectivity index (χ0v) is 10.4. The molecule has 0 aliphatic heterocycles.